The molecule has 1 aromatic carbocycles. The Bertz CT molecular complexity index is 727. The lowest BCUT2D eigenvalue weighted by Crippen LogP contribution is -2.18. The first kappa shape index (κ1) is 13.8. The number of hydrogen-bond acceptors (Lipinski definition) is 3. The molecule has 0 amide bonds. The van der Waals surface area contributed by atoms with Gasteiger partial charge in [0.2, 0.25) is 0 Å². The third-order valence-electron chi connectivity index (χ3n) is 4.02. The minimum absolute atomic E-state index is 0.313. The first-order valence-electron chi connectivity index (χ1n) is 7.27. The number of aromatic nitrogens is 3. The average molecular weight is 280 g/mol. The Balaban J connectivity index is 1.86. The molecule has 3 aromatic rings. The molecule has 108 valence electrons. The van der Waals surface area contributed by atoms with Crippen LogP contribution in [0.4, 0.5) is 0 Å². The number of rotatable bonds is 5. The highest BCUT2D eigenvalue weighted by Crippen LogP contribution is 2.25. The van der Waals surface area contributed by atoms with E-state index in [-0.39, 0.29) is 0 Å². The van der Waals surface area contributed by atoms with E-state index >= 15 is 0 Å². The number of pyridine rings is 1. The van der Waals surface area contributed by atoms with Crippen LogP contribution in [0.5, 0.6) is 0 Å². The fourth-order valence-electron chi connectivity index (χ4n) is 2.82. The van der Waals surface area contributed by atoms with Crippen molar-refractivity contribution in [2.75, 3.05) is 7.05 Å². The summed E-state index contributed by atoms with van der Waals surface area (Å²) in [6.07, 6.45) is 5.78. The van der Waals surface area contributed by atoms with Gasteiger partial charge in [-0.25, -0.2) is 0 Å². The fourth-order valence-corrected chi connectivity index (χ4v) is 2.82. The molecule has 21 heavy (non-hydrogen) atoms. The van der Waals surface area contributed by atoms with Crippen LogP contribution in [0.1, 0.15) is 23.7 Å². The predicted molar refractivity (Wildman–Crippen MR) is 85.1 cm³/mol. The summed E-state index contributed by atoms with van der Waals surface area (Å²) in [4.78, 5) is 4.44. The van der Waals surface area contributed by atoms with Crippen molar-refractivity contribution in [1.29, 1.82) is 0 Å². The summed E-state index contributed by atoms with van der Waals surface area (Å²) >= 11 is 0. The SMILES string of the molecule is CNC(CCc1ccnn1C)c1ccnc2ccccc12. The van der Waals surface area contributed by atoms with E-state index < -0.39 is 0 Å². The van der Waals surface area contributed by atoms with E-state index in [1.54, 1.807) is 0 Å². The van der Waals surface area contributed by atoms with Crippen LogP contribution in [0.3, 0.4) is 0 Å². The maximum Gasteiger partial charge on any atom is 0.0705 e. The highest BCUT2D eigenvalue weighted by molar-refractivity contribution is 5.82. The normalized spacial score (nSPS) is 12.7. The molecule has 3 rings (SSSR count). The number of benzene rings is 1. The van der Waals surface area contributed by atoms with Crippen LogP contribution in [0.2, 0.25) is 0 Å². The second-order valence-electron chi connectivity index (χ2n) is 5.24. The van der Waals surface area contributed by atoms with Gasteiger partial charge in [0.05, 0.1) is 5.52 Å². The quantitative estimate of drug-likeness (QED) is 0.781. The number of para-hydroxylation sites is 1. The zero-order valence-corrected chi connectivity index (χ0v) is 12.5. The summed E-state index contributed by atoms with van der Waals surface area (Å²) in [5.74, 6) is 0. The standard InChI is InChI=1S/C17H20N4/c1-18-16(8-7-13-9-12-20-21(13)2)15-10-11-19-17-6-4-3-5-14(15)17/h3-6,9-12,16,18H,7-8H2,1-2H3. The van der Waals surface area contributed by atoms with Crippen molar-refractivity contribution in [2.24, 2.45) is 7.05 Å². The smallest absolute Gasteiger partial charge is 0.0705 e. The number of hydrogen-bond donors (Lipinski definition) is 1. The van der Waals surface area contributed by atoms with Gasteiger partial charge in [0.1, 0.15) is 0 Å². The monoisotopic (exact) mass is 280 g/mol. The van der Waals surface area contributed by atoms with Gasteiger partial charge in [0, 0.05) is 36.6 Å². The van der Waals surface area contributed by atoms with Gasteiger partial charge in [-0.05, 0) is 43.7 Å². The third-order valence-corrected chi connectivity index (χ3v) is 4.02. The molecule has 0 aliphatic rings. The van der Waals surface area contributed by atoms with Gasteiger partial charge in [-0.2, -0.15) is 5.10 Å². The average Bonchev–Trinajstić information content (AvgIpc) is 2.93. The van der Waals surface area contributed by atoms with Crippen molar-refractivity contribution in [2.45, 2.75) is 18.9 Å². The van der Waals surface area contributed by atoms with Crippen LogP contribution < -0.4 is 5.32 Å². The van der Waals surface area contributed by atoms with Crippen LogP contribution in [0.15, 0.2) is 48.8 Å². The van der Waals surface area contributed by atoms with Gasteiger partial charge in [-0.1, -0.05) is 18.2 Å². The van der Waals surface area contributed by atoms with Crippen LogP contribution in [-0.4, -0.2) is 21.8 Å². The fraction of sp³-hybridized carbons (Fsp3) is 0.294. The topological polar surface area (TPSA) is 42.7 Å². The van der Waals surface area contributed by atoms with Gasteiger partial charge in [0.15, 0.2) is 0 Å². The van der Waals surface area contributed by atoms with E-state index in [4.69, 9.17) is 0 Å². The maximum atomic E-state index is 4.44. The first-order valence-corrected chi connectivity index (χ1v) is 7.27. The number of nitrogens with one attached hydrogen (secondary N) is 1. The van der Waals surface area contributed by atoms with E-state index in [9.17, 15) is 0 Å². The van der Waals surface area contributed by atoms with E-state index in [0.29, 0.717) is 6.04 Å². The second kappa shape index (κ2) is 6.06. The summed E-state index contributed by atoms with van der Waals surface area (Å²) in [6.45, 7) is 0. The Labute approximate surface area is 124 Å². The van der Waals surface area contributed by atoms with Crippen LogP contribution in [0, 0.1) is 0 Å². The van der Waals surface area contributed by atoms with Gasteiger partial charge >= 0.3 is 0 Å². The number of nitrogens with zero attached hydrogens (tertiary/aromatic N) is 3. The Morgan fingerprint density at radius 1 is 1.14 bits per heavy atom. The van der Waals surface area contributed by atoms with Crippen molar-refractivity contribution in [1.82, 2.24) is 20.1 Å². The highest BCUT2D eigenvalue weighted by atomic mass is 15.2. The molecule has 0 fully saturated rings. The van der Waals surface area contributed by atoms with E-state index in [0.717, 1.165) is 18.4 Å². The van der Waals surface area contributed by atoms with E-state index in [1.165, 1.54) is 16.6 Å². The molecule has 0 aliphatic heterocycles. The second-order valence-corrected chi connectivity index (χ2v) is 5.24. The van der Waals surface area contributed by atoms with Crippen LogP contribution >= 0.6 is 0 Å². The van der Waals surface area contributed by atoms with E-state index in [1.807, 2.05) is 37.2 Å². The first-order chi connectivity index (χ1) is 10.3. The largest absolute Gasteiger partial charge is 0.313 e. The van der Waals surface area contributed by atoms with Crippen molar-refractivity contribution >= 4 is 10.9 Å². The molecule has 1 unspecified atom stereocenters. The molecule has 1 N–H and O–H groups in total. The Morgan fingerprint density at radius 2 is 2.00 bits per heavy atom. The molecule has 0 spiro atoms. The summed E-state index contributed by atoms with van der Waals surface area (Å²) in [7, 11) is 4.01. The van der Waals surface area contributed by atoms with Gasteiger partial charge < -0.3 is 5.32 Å². The number of fused-ring (bicyclic) bond motifs is 1. The molecule has 4 nitrogen and oxygen atoms in total. The maximum absolute atomic E-state index is 4.44. The van der Waals surface area contributed by atoms with Gasteiger partial charge in [-0.15, -0.1) is 0 Å². The third kappa shape index (κ3) is 2.81. The lowest BCUT2D eigenvalue weighted by atomic mass is 9.97. The summed E-state index contributed by atoms with van der Waals surface area (Å²) in [5.41, 5.74) is 3.62. The Kier molecular flexibility index (Phi) is 3.97. The minimum atomic E-state index is 0.313. The zero-order chi connectivity index (χ0) is 14.7. The zero-order valence-electron chi connectivity index (χ0n) is 12.5. The Morgan fingerprint density at radius 3 is 2.76 bits per heavy atom. The summed E-state index contributed by atoms with van der Waals surface area (Å²) in [6, 6.07) is 12.8. The van der Waals surface area contributed by atoms with Crippen LogP contribution in [-0.2, 0) is 13.5 Å². The molecular weight excluding hydrogens is 260 g/mol. The summed E-state index contributed by atoms with van der Waals surface area (Å²) < 4.78 is 1.94. The predicted octanol–water partition coefficient (Wildman–Crippen LogP) is 2.86. The molecule has 1 atom stereocenters. The molecule has 0 saturated carbocycles. The molecule has 0 saturated heterocycles. The number of aryl methyl sites for hydroxylation is 2. The van der Waals surface area contributed by atoms with Gasteiger partial charge in [-0.3, -0.25) is 9.67 Å². The molecule has 2 heterocycles. The summed E-state index contributed by atoms with van der Waals surface area (Å²) in [5, 5.41) is 8.89. The van der Waals surface area contributed by atoms with Crippen molar-refractivity contribution in [3.05, 3.63) is 60.0 Å². The minimum Gasteiger partial charge on any atom is -0.313 e. The molecule has 2 aromatic heterocycles. The molecule has 0 bridgehead atoms. The molecule has 4 heteroatoms. The molecule has 0 radical (unpaired) electrons. The van der Waals surface area contributed by atoms with E-state index in [2.05, 4.69) is 45.7 Å². The molecule has 0 aliphatic carbocycles. The Hall–Kier alpha value is -2.20. The molecular formula is C17H20N4. The lowest BCUT2D eigenvalue weighted by Gasteiger charge is -2.18. The highest BCUT2D eigenvalue weighted by Gasteiger charge is 2.13. The van der Waals surface area contributed by atoms with Gasteiger partial charge in [0.25, 0.3) is 0 Å². The van der Waals surface area contributed by atoms with Crippen molar-refractivity contribution in [3.8, 4) is 0 Å². The van der Waals surface area contributed by atoms with Crippen molar-refractivity contribution in [3.63, 3.8) is 0 Å². The van der Waals surface area contributed by atoms with Crippen molar-refractivity contribution < 1.29 is 0 Å². The van der Waals surface area contributed by atoms with Crippen LogP contribution in [0.25, 0.3) is 10.9 Å². The lowest BCUT2D eigenvalue weighted by molar-refractivity contribution is 0.538.